The van der Waals surface area contributed by atoms with E-state index in [2.05, 4.69) is 20.2 Å². The highest BCUT2D eigenvalue weighted by Crippen LogP contribution is 2.22. The molecule has 2 heterocycles. The van der Waals surface area contributed by atoms with Crippen molar-refractivity contribution in [3.8, 4) is 0 Å². The van der Waals surface area contributed by atoms with Gasteiger partial charge in [0.2, 0.25) is 5.95 Å². The molecule has 1 saturated heterocycles. The average Bonchev–Trinajstić information content (AvgIpc) is 2.61. The summed E-state index contributed by atoms with van der Waals surface area (Å²) in [4.78, 5) is 23.8. The van der Waals surface area contributed by atoms with E-state index in [1.54, 1.807) is 0 Å². The summed E-state index contributed by atoms with van der Waals surface area (Å²) in [6, 6.07) is 5.70. The van der Waals surface area contributed by atoms with E-state index in [0.717, 1.165) is 30.0 Å². The van der Waals surface area contributed by atoms with Gasteiger partial charge in [-0.05, 0) is 51.0 Å². The zero-order chi connectivity index (χ0) is 18.0. The molecule has 6 heteroatoms. The molecule has 2 aromatic rings. The van der Waals surface area contributed by atoms with Crippen LogP contribution in [0.3, 0.4) is 0 Å². The topological polar surface area (TPSA) is 67.4 Å². The van der Waals surface area contributed by atoms with Gasteiger partial charge in [-0.15, -0.1) is 0 Å². The predicted octanol–water partition coefficient (Wildman–Crippen LogP) is 2.80. The SMILES string of the molecule is Cc1ccc(C(=O)Nc2c(C)nc(N3CCOCC3)nc2C)cc1C. The highest BCUT2D eigenvalue weighted by atomic mass is 16.5. The first kappa shape index (κ1) is 17.4. The number of ether oxygens (including phenoxy) is 1. The van der Waals surface area contributed by atoms with Crippen molar-refractivity contribution in [2.45, 2.75) is 27.7 Å². The molecule has 0 radical (unpaired) electrons. The number of carbonyl (C=O) groups excluding carboxylic acids is 1. The molecule has 1 fully saturated rings. The van der Waals surface area contributed by atoms with E-state index >= 15 is 0 Å². The lowest BCUT2D eigenvalue weighted by atomic mass is 10.1. The highest BCUT2D eigenvalue weighted by molar-refractivity contribution is 6.05. The molecule has 3 rings (SSSR count). The third-order valence-corrected chi connectivity index (χ3v) is 4.56. The molecule has 0 bridgehead atoms. The van der Waals surface area contributed by atoms with Crippen molar-refractivity contribution in [2.75, 3.05) is 36.5 Å². The summed E-state index contributed by atoms with van der Waals surface area (Å²) in [7, 11) is 0. The molecule has 25 heavy (non-hydrogen) atoms. The molecule has 0 unspecified atom stereocenters. The number of hydrogen-bond donors (Lipinski definition) is 1. The molecule has 0 saturated carbocycles. The number of rotatable bonds is 3. The Labute approximate surface area is 148 Å². The molecule has 1 N–H and O–H groups in total. The number of hydrogen-bond acceptors (Lipinski definition) is 5. The van der Waals surface area contributed by atoms with Gasteiger partial charge in [-0.3, -0.25) is 4.79 Å². The first-order valence-corrected chi connectivity index (χ1v) is 8.52. The first-order valence-electron chi connectivity index (χ1n) is 8.52. The molecule has 1 aliphatic rings. The van der Waals surface area contributed by atoms with Gasteiger partial charge in [0.15, 0.2) is 0 Å². The van der Waals surface area contributed by atoms with Gasteiger partial charge in [0.25, 0.3) is 5.91 Å². The van der Waals surface area contributed by atoms with E-state index in [1.165, 1.54) is 5.56 Å². The second kappa shape index (κ2) is 7.19. The van der Waals surface area contributed by atoms with Crippen LogP contribution in [0.15, 0.2) is 18.2 Å². The van der Waals surface area contributed by atoms with E-state index in [4.69, 9.17) is 4.74 Å². The fourth-order valence-electron chi connectivity index (χ4n) is 2.85. The van der Waals surface area contributed by atoms with E-state index in [-0.39, 0.29) is 5.91 Å². The summed E-state index contributed by atoms with van der Waals surface area (Å²) < 4.78 is 5.37. The maximum Gasteiger partial charge on any atom is 0.255 e. The summed E-state index contributed by atoms with van der Waals surface area (Å²) >= 11 is 0. The Morgan fingerprint density at radius 1 is 1.04 bits per heavy atom. The lowest BCUT2D eigenvalue weighted by Gasteiger charge is -2.27. The van der Waals surface area contributed by atoms with Crippen LogP contribution in [-0.2, 0) is 4.74 Å². The maximum atomic E-state index is 12.6. The minimum atomic E-state index is -0.142. The molecule has 1 aliphatic heterocycles. The Bertz CT molecular complexity index is 775. The van der Waals surface area contributed by atoms with Crippen molar-refractivity contribution in [3.05, 3.63) is 46.3 Å². The minimum Gasteiger partial charge on any atom is -0.378 e. The number of nitrogens with one attached hydrogen (secondary N) is 1. The van der Waals surface area contributed by atoms with Crippen molar-refractivity contribution < 1.29 is 9.53 Å². The van der Waals surface area contributed by atoms with Crippen LogP contribution in [0.1, 0.15) is 32.9 Å². The Balaban J connectivity index is 1.82. The Hall–Kier alpha value is -2.47. The van der Waals surface area contributed by atoms with E-state index in [9.17, 15) is 4.79 Å². The van der Waals surface area contributed by atoms with Gasteiger partial charge in [0, 0.05) is 18.7 Å². The van der Waals surface area contributed by atoms with Crippen LogP contribution in [0, 0.1) is 27.7 Å². The highest BCUT2D eigenvalue weighted by Gasteiger charge is 2.18. The summed E-state index contributed by atoms with van der Waals surface area (Å²) in [5, 5.41) is 2.96. The fourth-order valence-corrected chi connectivity index (χ4v) is 2.85. The number of anilines is 2. The van der Waals surface area contributed by atoms with Crippen molar-refractivity contribution >= 4 is 17.5 Å². The van der Waals surface area contributed by atoms with Crippen LogP contribution in [-0.4, -0.2) is 42.2 Å². The standard InChI is InChI=1S/C19H24N4O2/c1-12-5-6-16(11-13(12)2)18(24)22-17-14(3)20-19(21-15(17)4)23-7-9-25-10-8-23/h5-6,11H,7-10H2,1-4H3,(H,22,24). The summed E-state index contributed by atoms with van der Waals surface area (Å²) in [6.45, 7) is 10.8. The van der Waals surface area contributed by atoms with Crippen molar-refractivity contribution in [1.29, 1.82) is 0 Å². The van der Waals surface area contributed by atoms with E-state index in [1.807, 2.05) is 45.9 Å². The van der Waals surface area contributed by atoms with Crippen LogP contribution in [0.4, 0.5) is 11.6 Å². The largest absolute Gasteiger partial charge is 0.378 e. The average molecular weight is 340 g/mol. The summed E-state index contributed by atoms with van der Waals surface area (Å²) in [6.07, 6.45) is 0. The van der Waals surface area contributed by atoms with E-state index < -0.39 is 0 Å². The van der Waals surface area contributed by atoms with Crippen molar-refractivity contribution in [1.82, 2.24) is 9.97 Å². The Morgan fingerprint density at radius 2 is 1.68 bits per heavy atom. The predicted molar refractivity (Wildman–Crippen MR) is 98.4 cm³/mol. The van der Waals surface area contributed by atoms with Crippen molar-refractivity contribution in [2.24, 2.45) is 0 Å². The molecule has 1 aromatic carbocycles. The molecule has 0 aliphatic carbocycles. The number of aryl methyl sites for hydroxylation is 4. The van der Waals surface area contributed by atoms with Gasteiger partial charge in [-0.2, -0.15) is 0 Å². The van der Waals surface area contributed by atoms with Gasteiger partial charge >= 0.3 is 0 Å². The number of benzene rings is 1. The van der Waals surface area contributed by atoms with Gasteiger partial charge < -0.3 is 15.0 Å². The van der Waals surface area contributed by atoms with E-state index in [0.29, 0.717) is 30.4 Å². The summed E-state index contributed by atoms with van der Waals surface area (Å²) in [5.74, 6) is 0.555. The number of amides is 1. The molecule has 1 amide bonds. The second-order valence-corrected chi connectivity index (χ2v) is 6.42. The maximum absolute atomic E-state index is 12.6. The molecule has 6 nitrogen and oxygen atoms in total. The number of carbonyl (C=O) groups is 1. The van der Waals surface area contributed by atoms with Gasteiger partial charge in [-0.1, -0.05) is 6.07 Å². The zero-order valence-electron chi connectivity index (χ0n) is 15.2. The molecule has 0 atom stereocenters. The lowest BCUT2D eigenvalue weighted by molar-refractivity contribution is 0.102. The zero-order valence-corrected chi connectivity index (χ0v) is 15.2. The molecule has 1 aromatic heterocycles. The van der Waals surface area contributed by atoms with Gasteiger partial charge in [0.1, 0.15) is 0 Å². The first-order chi connectivity index (χ1) is 12.0. The minimum absolute atomic E-state index is 0.142. The number of morpholine rings is 1. The van der Waals surface area contributed by atoms with Crippen LogP contribution in [0.25, 0.3) is 0 Å². The van der Waals surface area contributed by atoms with Crippen molar-refractivity contribution in [3.63, 3.8) is 0 Å². The third kappa shape index (κ3) is 3.79. The molecule has 0 spiro atoms. The lowest BCUT2D eigenvalue weighted by Crippen LogP contribution is -2.37. The van der Waals surface area contributed by atoms with Gasteiger partial charge in [-0.25, -0.2) is 9.97 Å². The monoisotopic (exact) mass is 340 g/mol. The van der Waals surface area contributed by atoms with Crippen LogP contribution in [0.2, 0.25) is 0 Å². The number of nitrogens with zero attached hydrogens (tertiary/aromatic N) is 3. The Kier molecular flexibility index (Phi) is 4.99. The molecule has 132 valence electrons. The van der Waals surface area contributed by atoms with Crippen LogP contribution < -0.4 is 10.2 Å². The van der Waals surface area contributed by atoms with Gasteiger partial charge in [0.05, 0.1) is 30.3 Å². The molecular weight excluding hydrogens is 316 g/mol. The molecular formula is C19H24N4O2. The van der Waals surface area contributed by atoms with Crippen LogP contribution >= 0.6 is 0 Å². The normalized spacial score (nSPS) is 14.5. The quantitative estimate of drug-likeness (QED) is 0.930. The smallest absolute Gasteiger partial charge is 0.255 e. The fraction of sp³-hybridized carbons (Fsp3) is 0.421. The number of aromatic nitrogens is 2. The van der Waals surface area contributed by atoms with Crippen LogP contribution in [0.5, 0.6) is 0 Å². The Morgan fingerprint density at radius 3 is 2.28 bits per heavy atom. The second-order valence-electron chi connectivity index (χ2n) is 6.42. The third-order valence-electron chi connectivity index (χ3n) is 4.56. The summed E-state index contributed by atoms with van der Waals surface area (Å²) in [5.41, 5.74) is 5.12.